The molecule has 0 amide bonds. The van der Waals surface area contributed by atoms with Gasteiger partial charge in [-0.1, -0.05) is 74.9 Å². The van der Waals surface area contributed by atoms with Crippen LogP contribution in [0.25, 0.3) is 21.7 Å². The van der Waals surface area contributed by atoms with Crippen molar-refractivity contribution < 1.29 is 18.0 Å². The highest BCUT2D eigenvalue weighted by molar-refractivity contribution is 7.89. The molecule has 1 unspecified atom stereocenters. The Balaban J connectivity index is 1.56. The van der Waals surface area contributed by atoms with E-state index in [1.165, 1.54) is 0 Å². The zero-order valence-corrected chi connectivity index (χ0v) is 20.7. The minimum atomic E-state index is -3.97. The Bertz CT molecular complexity index is 1450. The first-order valence-electron chi connectivity index (χ1n) is 11.9. The average Bonchev–Trinajstić information content (AvgIpc) is 3.28. The van der Waals surface area contributed by atoms with Crippen molar-refractivity contribution in [3.8, 4) is 0 Å². The fourth-order valence-electron chi connectivity index (χ4n) is 4.53. The average molecular weight is 491 g/mol. The number of nitrogens with one attached hydrogen (secondary N) is 2. The van der Waals surface area contributed by atoms with Crippen LogP contribution < -0.4 is 4.72 Å². The standard InChI is InChI=1S/C28H30N2O4S/c1-3-19(2)28(30-35(33,34)27-14-8-10-21-9-4-5-12-24(21)27)26(32)16-20(18-31)15-22-17-29-25-13-7-6-11-23(22)25/h4-14,17-20,28-30H,3,15-16H2,1-2H3/t19?,20-,28+/m1/s1. The number of rotatable bonds is 11. The van der Waals surface area contributed by atoms with E-state index in [0.717, 1.165) is 28.1 Å². The van der Waals surface area contributed by atoms with Crippen molar-refractivity contribution in [1.29, 1.82) is 0 Å². The van der Waals surface area contributed by atoms with Gasteiger partial charge in [-0.25, -0.2) is 13.1 Å². The van der Waals surface area contributed by atoms with Gasteiger partial charge in [-0.15, -0.1) is 0 Å². The fourth-order valence-corrected chi connectivity index (χ4v) is 6.09. The van der Waals surface area contributed by atoms with Crippen molar-refractivity contribution in [3.63, 3.8) is 0 Å². The summed E-state index contributed by atoms with van der Waals surface area (Å²) in [6, 6.07) is 19.2. The van der Waals surface area contributed by atoms with Gasteiger partial charge in [0, 0.05) is 34.8 Å². The lowest BCUT2D eigenvalue weighted by atomic mass is 9.88. The van der Waals surface area contributed by atoms with Crippen LogP contribution in [0.4, 0.5) is 0 Å². The number of Topliss-reactive ketones (excluding diaryl/α,β-unsaturated/α-hetero) is 1. The van der Waals surface area contributed by atoms with Crippen molar-refractivity contribution >= 4 is 43.8 Å². The topological polar surface area (TPSA) is 96.1 Å². The van der Waals surface area contributed by atoms with Crippen LogP contribution in [0.5, 0.6) is 0 Å². The first-order valence-corrected chi connectivity index (χ1v) is 13.4. The maximum absolute atomic E-state index is 13.4. The molecule has 35 heavy (non-hydrogen) atoms. The second kappa shape index (κ2) is 10.5. The number of para-hydroxylation sites is 1. The number of carbonyl (C=O) groups excluding carboxylic acids is 2. The summed E-state index contributed by atoms with van der Waals surface area (Å²) in [5.74, 6) is -1.05. The number of hydrogen-bond donors (Lipinski definition) is 2. The summed E-state index contributed by atoms with van der Waals surface area (Å²) >= 11 is 0. The van der Waals surface area contributed by atoms with Gasteiger partial charge in [-0.2, -0.15) is 0 Å². The summed E-state index contributed by atoms with van der Waals surface area (Å²) in [7, 11) is -3.97. The highest BCUT2D eigenvalue weighted by atomic mass is 32.2. The molecule has 0 fully saturated rings. The quantitative estimate of drug-likeness (QED) is 0.288. The van der Waals surface area contributed by atoms with Gasteiger partial charge in [-0.05, 0) is 35.4 Å². The van der Waals surface area contributed by atoms with E-state index in [4.69, 9.17) is 0 Å². The van der Waals surface area contributed by atoms with E-state index < -0.39 is 22.0 Å². The number of fused-ring (bicyclic) bond motifs is 2. The van der Waals surface area contributed by atoms with Gasteiger partial charge in [0.2, 0.25) is 10.0 Å². The Hall–Kier alpha value is -3.29. The summed E-state index contributed by atoms with van der Waals surface area (Å²) in [5, 5.41) is 2.42. The normalized spacial score (nSPS) is 14.6. The second-order valence-corrected chi connectivity index (χ2v) is 10.8. The monoisotopic (exact) mass is 490 g/mol. The van der Waals surface area contributed by atoms with Crippen LogP contribution >= 0.6 is 0 Å². The molecular formula is C28H30N2O4S. The molecule has 2 N–H and O–H groups in total. The fraction of sp³-hybridized carbons (Fsp3) is 0.286. The number of ketones is 1. The molecular weight excluding hydrogens is 460 g/mol. The van der Waals surface area contributed by atoms with Crippen LogP contribution in [0.3, 0.4) is 0 Å². The molecule has 1 aromatic heterocycles. The molecule has 3 atom stereocenters. The zero-order valence-electron chi connectivity index (χ0n) is 19.9. The molecule has 6 nitrogen and oxygen atoms in total. The van der Waals surface area contributed by atoms with Crippen molar-refractivity contribution in [2.75, 3.05) is 0 Å². The molecule has 7 heteroatoms. The van der Waals surface area contributed by atoms with Crippen molar-refractivity contribution in [2.24, 2.45) is 11.8 Å². The van der Waals surface area contributed by atoms with Crippen LogP contribution in [0, 0.1) is 11.8 Å². The van der Waals surface area contributed by atoms with E-state index in [1.54, 1.807) is 24.3 Å². The van der Waals surface area contributed by atoms with E-state index in [-0.39, 0.29) is 23.0 Å². The van der Waals surface area contributed by atoms with Crippen molar-refractivity contribution in [1.82, 2.24) is 9.71 Å². The molecule has 0 aliphatic rings. The number of hydrogen-bond acceptors (Lipinski definition) is 4. The molecule has 0 bridgehead atoms. The molecule has 0 saturated heterocycles. The first-order chi connectivity index (χ1) is 16.8. The van der Waals surface area contributed by atoms with Gasteiger partial charge >= 0.3 is 0 Å². The van der Waals surface area contributed by atoms with Crippen LogP contribution in [0.2, 0.25) is 0 Å². The third-order valence-corrected chi connectivity index (χ3v) is 8.19. The minimum Gasteiger partial charge on any atom is -0.361 e. The number of benzene rings is 3. The summed E-state index contributed by atoms with van der Waals surface area (Å²) in [4.78, 5) is 28.6. The number of carbonyl (C=O) groups is 2. The third-order valence-electron chi connectivity index (χ3n) is 6.69. The zero-order chi connectivity index (χ0) is 25.0. The Morgan fingerprint density at radius 2 is 1.69 bits per heavy atom. The number of aromatic amines is 1. The molecule has 182 valence electrons. The van der Waals surface area contributed by atoms with Crippen LogP contribution in [-0.4, -0.2) is 31.5 Å². The molecule has 1 heterocycles. The Morgan fingerprint density at radius 1 is 1.00 bits per heavy atom. The Morgan fingerprint density at radius 3 is 2.43 bits per heavy atom. The first kappa shape index (κ1) is 24.8. The highest BCUT2D eigenvalue weighted by Gasteiger charge is 2.31. The molecule has 0 saturated carbocycles. The minimum absolute atomic E-state index is 0.0317. The summed E-state index contributed by atoms with van der Waals surface area (Å²) < 4.78 is 29.5. The van der Waals surface area contributed by atoms with E-state index in [1.807, 2.05) is 62.5 Å². The number of H-pyrrole nitrogens is 1. The Labute approximate surface area is 205 Å². The van der Waals surface area contributed by atoms with E-state index in [0.29, 0.717) is 18.2 Å². The molecule has 0 aliphatic carbocycles. The smallest absolute Gasteiger partial charge is 0.241 e. The number of sulfonamides is 1. The lowest BCUT2D eigenvalue weighted by Gasteiger charge is -2.24. The van der Waals surface area contributed by atoms with Crippen LogP contribution in [-0.2, 0) is 26.0 Å². The van der Waals surface area contributed by atoms with Crippen molar-refractivity contribution in [3.05, 3.63) is 78.5 Å². The molecule has 4 rings (SSSR count). The Kier molecular flexibility index (Phi) is 7.48. The van der Waals surface area contributed by atoms with Gasteiger partial charge in [-0.3, -0.25) is 4.79 Å². The predicted octanol–water partition coefficient (Wildman–Crippen LogP) is 5.03. The number of aldehydes is 1. The van der Waals surface area contributed by atoms with Crippen molar-refractivity contribution in [2.45, 2.75) is 44.0 Å². The van der Waals surface area contributed by atoms with E-state index >= 15 is 0 Å². The van der Waals surface area contributed by atoms with E-state index in [9.17, 15) is 18.0 Å². The van der Waals surface area contributed by atoms with Gasteiger partial charge in [0.15, 0.2) is 5.78 Å². The molecule has 4 aromatic rings. The highest BCUT2D eigenvalue weighted by Crippen LogP contribution is 2.26. The largest absolute Gasteiger partial charge is 0.361 e. The van der Waals surface area contributed by atoms with Crippen LogP contribution in [0.15, 0.2) is 77.8 Å². The van der Waals surface area contributed by atoms with Crippen LogP contribution in [0.1, 0.15) is 32.3 Å². The molecule has 0 aliphatic heterocycles. The second-order valence-electron chi connectivity index (χ2n) is 9.09. The molecule has 0 radical (unpaired) electrons. The van der Waals surface area contributed by atoms with Gasteiger partial charge in [0.1, 0.15) is 6.29 Å². The predicted molar refractivity (Wildman–Crippen MR) is 139 cm³/mol. The van der Waals surface area contributed by atoms with Gasteiger partial charge in [0.25, 0.3) is 0 Å². The van der Waals surface area contributed by atoms with Gasteiger partial charge < -0.3 is 9.78 Å². The SMILES string of the molecule is CCC(C)[C@H](NS(=O)(=O)c1cccc2ccccc12)C(=O)C[C@H](C=O)Cc1c[nH]c2ccccc12. The van der Waals surface area contributed by atoms with E-state index in [2.05, 4.69) is 9.71 Å². The lowest BCUT2D eigenvalue weighted by molar-refractivity contribution is -0.125. The molecule has 0 spiro atoms. The third kappa shape index (κ3) is 5.36. The van der Waals surface area contributed by atoms with Gasteiger partial charge in [0.05, 0.1) is 10.9 Å². The number of aromatic nitrogens is 1. The summed E-state index contributed by atoms with van der Waals surface area (Å²) in [5.41, 5.74) is 1.93. The summed E-state index contributed by atoms with van der Waals surface area (Å²) in [6.07, 6.45) is 3.65. The lowest BCUT2D eigenvalue weighted by Crippen LogP contribution is -2.45. The summed E-state index contributed by atoms with van der Waals surface area (Å²) in [6.45, 7) is 3.77. The maximum atomic E-state index is 13.4. The molecule has 3 aromatic carbocycles. The maximum Gasteiger partial charge on any atom is 0.241 e.